The summed E-state index contributed by atoms with van der Waals surface area (Å²) >= 11 is 12.0. The maximum Gasteiger partial charge on any atom is 0.178 e. The van der Waals surface area contributed by atoms with Crippen LogP contribution < -0.4 is 0 Å². The predicted molar refractivity (Wildman–Crippen MR) is 84.8 cm³/mol. The van der Waals surface area contributed by atoms with Gasteiger partial charge in [0, 0.05) is 17.1 Å². The van der Waals surface area contributed by atoms with E-state index in [1.54, 1.807) is 18.2 Å². The summed E-state index contributed by atoms with van der Waals surface area (Å²) in [5.74, 6) is 0.692. The molecule has 1 aromatic rings. The molecule has 0 saturated carbocycles. The second kappa shape index (κ2) is 6.05. The molecule has 0 aliphatic carbocycles. The van der Waals surface area contributed by atoms with Gasteiger partial charge in [-0.05, 0) is 42.5 Å². The summed E-state index contributed by atoms with van der Waals surface area (Å²) in [5, 5.41) is 1.03. The minimum absolute atomic E-state index is 0.0482. The number of likely N-dealkylation sites (tertiary alicyclic amines) is 1. The molecular weight excluding hydrogens is 293 g/mol. The molecular formula is C16H21Cl2NO. The van der Waals surface area contributed by atoms with Crippen LogP contribution in [0.2, 0.25) is 10.0 Å². The lowest BCUT2D eigenvalue weighted by atomic mass is 9.80. The number of benzene rings is 1. The zero-order valence-corrected chi connectivity index (χ0v) is 13.8. The standard InChI is InChI=1S/C16H21Cl2NO/c1-16(2,3)11-6-7-19(9-11)10-15(20)13-8-12(17)4-5-14(13)18/h4-5,8,11H,6-7,9-10H2,1-3H3. The Morgan fingerprint density at radius 2 is 2.05 bits per heavy atom. The molecule has 0 bridgehead atoms. The molecule has 4 heteroatoms. The van der Waals surface area contributed by atoms with Gasteiger partial charge in [0.2, 0.25) is 0 Å². The van der Waals surface area contributed by atoms with Crippen molar-refractivity contribution in [3.8, 4) is 0 Å². The van der Waals surface area contributed by atoms with E-state index in [0.29, 0.717) is 33.5 Å². The Hall–Kier alpha value is -0.570. The van der Waals surface area contributed by atoms with Crippen LogP contribution in [0.4, 0.5) is 0 Å². The molecule has 1 unspecified atom stereocenters. The van der Waals surface area contributed by atoms with Gasteiger partial charge in [0.05, 0.1) is 11.6 Å². The molecule has 0 N–H and O–H groups in total. The smallest absolute Gasteiger partial charge is 0.178 e. The lowest BCUT2D eigenvalue weighted by molar-refractivity contribution is 0.0938. The summed E-state index contributed by atoms with van der Waals surface area (Å²) in [6.07, 6.45) is 1.15. The van der Waals surface area contributed by atoms with Crippen LogP contribution in [0.25, 0.3) is 0 Å². The van der Waals surface area contributed by atoms with E-state index in [-0.39, 0.29) is 5.78 Å². The van der Waals surface area contributed by atoms with Crippen LogP contribution in [0.3, 0.4) is 0 Å². The second-order valence-corrected chi connectivity index (χ2v) is 7.48. The van der Waals surface area contributed by atoms with Crippen LogP contribution in [0, 0.1) is 11.3 Å². The lowest BCUT2D eigenvalue weighted by Gasteiger charge is -2.27. The highest BCUT2D eigenvalue weighted by atomic mass is 35.5. The van der Waals surface area contributed by atoms with E-state index in [1.807, 2.05) is 0 Å². The van der Waals surface area contributed by atoms with E-state index < -0.39 is 0 Å². The second-order valence-electron chi connectivity index (χ2n) is 6.63. The highest BCUT2D eigenvalue weighted by Crippen LogP contribution is 2.33. The largest absolute Gasteiger partial charge is 0.295 e. The summed E-state index contributed by atoms with van der Waals surface area (Å²) in [6.45, 7) is 9.16. The van der Waals surface area contributed by atoms with Gasteiger partial charge in [-0.15, -0.1) is 0 Å². The van der Waals surface area contributed by atoms with Gasteiger partial charge in [0.1, 0.15) is 0 Å². The third kappa shape index (κ3) is 3.75. The van der Waals surface area contributed by atoms with Gasteiger partial charge in [-0.2, -0.15) is 0 Å². The number of hydrogen-bond acceptors (Lipinski definition) is 2. The third-order valence-corrected chi connectivity index (χ3v) is 4.66. The zero-order chi connectivity index (χ0) is 14.9. The SMILES string of the molecule is CC(C)(C)C1CCN(CC(=O)c2cc(Cl)ccc2Cl)C1. The number of rotatable bonds is 3. The van der Waals surface area contributed by atoms with Crippen LogP contribution in [-0.4, -0.2) is 30.3 Å². The highest BCUT2D eigenvalue weighted by molar-refractivity contribution is 6.36. The Morgan fingerprint density at radius 3 is 2.65 bits per heavy atom. The van der Waals surface area contributed by atoms with Gasteiger partial charge in [-0.3, -0.25) is 9.69 Å². The van der Waals surface area contributed by atoms with Crippen molar-refractivity contribution in [2.45, 2.75) is 27.2 Å². The fraction of sp³-hybridized carbons (Fsp3) is 0.562. The van der Waals surface area contributed by atoms with Crippen molar-refractivity contribution in [1.82, 2.24) is 4.90 Å². The number of halogens is 2. The fourth-order valence-electron chi connectivity index (χ4n) is 2.68. The number of ketones is 1. The Labute approximate surface area is 131 Å². The van der Waals surface area contributed by atoms with Crippen molar-refractivity contribution < 1.29 is 4.79 Å². The Bertz CT molecular complexity index is 508. The first-order valence-electron chi connectivity index (χ1n) is 6.98. The van der Waals surface area contributed by atoms with Crippen LogP contribution in [-0.2, 0) is 0 Å². The Morgan fingerprint density at radius 1 is 1.35 bits per heavy atom. The number of carbonyl (C=O) groups is 1. The first-order chi connectivity index (χ1) is 9.27. The molecule has 20 heavy (non-hydrogen) atoms. The molecule has 0 spiro atoms. The van der Waals surface area contributed by atoms with Crippen molar-refractivity contribution in [2.24, 2.45) is 11.3 Å². The van der Waals surface area contributed by atoms with Crippen molar-refractivity contribution >= 4 is 29.0 Å². The molecule has 0 radical (unpaired) electrons. The molecule has 2 rings (SSSR count). The molecule has 2 nitrogen and oxygen atoms in total. The molecule has 110 valence electrons. The monoisotopic (exact) mass is 313 g/mol. The maximum absolute atomic E-state index is 12.3. The van der Waals surface area contributed by atoms with Crippen LogP contribution >= 0.6 is 23.2 Å². The first kappa shape index (κ1) is 15.8. The fourth-order valence-corrected chi connectivity index (χ4v) is 3.08. The number of carbonyl (C=O) groups excluding carboxylic acids is 1. The summed E-state index contributed by atoms with van der Waals surface area (Å²) in [6, 6.07) is 5.04. The molecule has 1 atom stereocenters. The number of Topliss-reactive ketones (excluding diaryl/α,β-unsaturated/α-hetero) is 1. The Kier molecular flexibility index (Phi) is 4.78. The van der Waals surface area contributed by atoms with Gasteiger partial charge in [-0.1, -0.05) is 44.0 Å². The van der Waals surface area contributed by atoms with E-state index in [2.05, 4.69) is 25.7 Å². The molecule has 1 aliphatic rings. The van der Waals surface area contributed by atoms with Gasteiger partial charge >= 0.3 is 0 Å². The lowest BCUT2D eigenvalue weighted by Crippen LogP contribution is -2.30. The number of nitrogens with zero attached hydrogens (tertiary/aromatic N) is 1. The van der Waals surface area contributed by atoms with E-state index in [4.69, 9.17) is 23.2 Å². The minimum atomic E-state index is 0.0482. The van der Waals surface area contributed by atoms with Crippen molar-refractivity contribution in [3.63, 3.8) is 0 Å². The highest BCUT2D eigenvalue weighted by Gasteiger charge is 2.32. The van der Waals surface area contributed by atoms with Crippen molar-refractivity contribution in [3.05, 3.63) is 33.8 Å². The average Bonchev–Trinajstić information content (AvgIpc) is 2.80. The summed E-state index contributed by atoms with van der Waals surface area (Å²) in [7, 11) is 0. The van der Waals surface area contributed by atoms with E-state index in [1.165, 1.54) is 0 Å². The molecule has 1 fully saturated rings. The Balaban J connectivity index is 2.01. The van der Waals surface area contributed by atoms with Crippen molar-refractivity contribution in [2.75, 3.05) is 19.6 Å². The van der Waals surface area contributed by atoms with Crippen molar-refractivity contribution in [1.29, 1.82) is 0 Å². The van der Waals surface area contributed by atoms with Crippen LogP contribution in [0.15, 0.2) is 18.2 Å². The molecule has 0 amide bonds. The molecule has 1 aromatic carbocycles. The van der Waals surface area contributed by atoms with E-state index in [0.717, 1.165) is 19.5 Å². The minimum Gasteiger partial charge on any atom is -0.295 e. The maximum atomic E-state index is 12.3. The normalized spacial score (nSPS) is 20.4. The molecule has 1 aliphatic heterocycles. The topological polar surface area (TPSA) is 20.3 Å². The predicted octanol–water partition coefficient (Wildman–Crippen LogP) is 4.54. The average molecular weight is 314 g/mol. The van der Waals surface area contributed by atoms with Gasteiger partial charge in [0.25, 0.3) is 0 Å². The van der Waals surface area contributed by atoms with E-state index in [9.17, 15) is 4.79 Å². The molecule has 0 aromatic heterocycles. The summed E-state index contributed by atoms with van der Waals surface area (Å²) in [5.41, 5.74) is 0.823. The molecule has 1 saturated heterocycles. The van der Waals surface area contributed by atoms with Gasteiger partial charge < -0.3 is 0 Å². The van der Waals surface area contributed by atoms with Crippen LogP contribution in [0.5, 0.6) is 0 Å². The summed E-state index contributed by atoms with van der Waals surface area (Å²) in [4.78, 5) is 14.6. The molecule has 1 heterocycles. The summed E-state index contributed by atoms with van der Waals surface area (Å²) < 4.78 is 0. The van der Waals surface area contributed by atoms with E-state index >= 15 is 0 Å². The van der Waals surface area contributed by atoms with Gasteiger partial charge in [-0.25, -0.2) is 0 Å². The van der Waals surface area contributed by atoms with Crippen LogP contribution in [0.1, 0.15) is 37.6 Å². The first-order valence-corrected chi connectivity index (χ1v) is 7.73. The van der Waals surface area contributed by atoms with Gasteiger partial charge in [0.15, 0.2) is 5.78 Å². The zero-order valence-electron chi connectivity index (χ0n) is 12.2. The number of hydrogen-bond donors (Lipinski definition) is 0. The quantitative estimate of drug-likeness (QED) is 0.763. The third-order valence-electron chi connectivity index (χ3n) is 4.09.